The molecule has 0 aliphatic heterocycles. The molecule has 4 rings (SSSR count). The van der Waals surface area contributed by atoms with Gasteiger partial charge in [-0.25, -0.2) is 4.79 Å². The summed E-state index contributed by atoms with van der Waals surface area (Å²) in [6, 6.07) is 15.4. The van der Waals surface area contributed by atoms with Gasteiger partial charge in [-0.3, -0.25) is 9.59 Å². The minimum absolute atomic E-state index is 0.0664. The lowest BCUT2D eigenvalue weighted by Gasteiger charge is -2.42. The molecule has 33 heavy (non-hydrogen) atoms. The third-order valence-electron chi connectivity index (χ3n) is 6.75. The lowest BCUT2D eigenvalue weighted by atomic mass is 9.74. The number of aliphatic carboxylic acids is 1. The fraction of sp³-hybridized carbons (Fsp3) is 0.423. The Morgan fingerprint density at radius 1 is 1.03 bits per heavy atom. The van der Waals surface area contributed by atoms with E-state index in [-0.39, 0.29) is 30.8 Å². The quantitative estimate of drug-likeness (QED) is 0.563. The molecule has 174 valence electrons. The topological polar surface area (TPSA) is 105 Å². The number of hydrogen-bond donors (Lipinski definition) is 3. The average molecular weight is 451 g/mol. The molecule has 2 aliphatic rings. The summed E-state index contributed by atoms with van der Waals surface area (Å²) < 4.78 is 5.58. The number of alkyl carbamates (subject to hydrolysis) is 1. The molecule has 2 amide bonds. The lowest BCUT2D eigenvalue weighted by molar-refractivity contribution is -0.140. The summed E-state index contributed by atoms with van der Waals surface area (Å²) in [4.78, 5) is 36.8. The van der Waals surface area contributed by atoms with E-state index in [1.807, 2.05) is 50.2 Å². The molecular weight excluding hydrogens is 420 g/mol. The van der Waals surface area contributed by atoms with Gasteiger partial charge in [-0.05, 0) is 47.4 Å². The molecule has 3 N–H and O–H groups in total. The molecule has 2 aliphatic carbocycles. The maximum atomic E-state index is 12.9. The molecule has 0 heterocycles. The van der Waals surface area contributed by atoms with E-state index in [0.29, 0.717) is 12.8 Å². The Balaban J connectivity index is 1.40. The lowest BCUT2D eigenvalue weighted by Crippen LogP contribution is -2.60. The third-order valence-corrected chi connectivity index (χ3v) is 6.75. The number of carboxylic acid groups (broad SMARTS) is 1. The van der Waals surface area contributed by atoms with Crippen molar-refractivity contribution >= 4 is 18.0 Å². The van der Waals surface area contributed by atoms with Crippen LogP contribution in [0.15, 0.2) is 48.5 Å². The van der Waals surface area contributed by atoms with Gasteiger partial charge in [0, 0.05) is 5.92 Å². The number of hydrogen-bond acceptors (Lipinski definition) is 4. The van der Waals surface area contributed by atoms with E-state index >= 15 is 0 Å². The van der Waals surface area contributed by atoms with Crippen LogP contribution in [0, 0.1) is 5.92 Å². The highest BCUT2D eigenvalue weighted by atomic mass is 16.5. The van der Waals surface area contributed by atoms with Gasteiger partial charge in [0.15, 0.2) is 0 Å². The van der Waals surface area contributed by atoms with Crippen molar-refractivity contribution in [2.75, 3.05) is 6.61 Å². The zero-order valence-corrected chi connectivity index (χ0v) is 19.0. The molecule has 2 aromatic rings. The number of benzene rings is 2. The second kappa shape index (κ2) is 9.25. The van der Waals surface area contributed by atoms with E-state index < -0.39 is 23.6 Å². The van der Waals surface area contributed by atoms with Gasteiger partial charge in [0.25, 0.3) is 0 Å². The predicted molar refractivity (Wildman–Crippen MR) is 124 cm³/mol. The smallest absolute Gasteiger partial charge is 0.407 e. The Morgan fingerprint density at radius 2 is 1.61 bits per heavy atom. The fourth-order valence-corrected chi connectivity index (χ4v) is 4.88. The first-order valence-electron chi connectivity index (χ1n) is 11.4. The van der Waals surface area contributed by atoms with Gasteiger partial charge in [0.05, 0.1) is 12.0 Å². The minimum Gasteiger partial charge on any atom is -0.481 e. The highest BCUT2D eigenvalue weighted by Gasteiger charge is 2.42. The van der Waals surface area contributed by atoms with Crippen LogP contribution >= 0.6 is 0 Å². The zero-order valence-electron chi connectivity index (χ0n) is 19.0. The molecule has 0 bridgehead atoms. The predicted octanol–water partition coefficient (Wildman–Crippen LogP) is 4.06. The molecule has 7 nitrogen and oxygen atoms in total. The van der Waals surface area contributed by atoms with Crippen molar-refractivity contribution in [1.82, 2.24) is 10.6 Å². The summed E-state index contributed by atoms with van der Waals surface area (Å²) in [5.74, 6) is -1.57. The number of fused-ring (bicyclic) bond motifs is 3. The Morgan fingerprint density at radius 3 is 2.09 bits per heavy atom. The van der Waals surface area contributed by atoms with E-state index in [4.69, 9.17) is 4.74 Å². The average Bonchev–Trinajstić information content (AvgIpc) is 3.07. The van der Waals surface area contributed by atoms with Crippen LogP contribution in [0.5, 0.6) is 0 Å². The Hall–Kier alpha value is -3.35. The van der Waals surface area contributed by atoms with Crippen LogP contribution in [0.1, 0.15) is 56.6 Å². The molecule has 1 atom stereocenters. The van der Waals surface area contributed by atoms with Crippen molar-refractivity contribution in [1.29, 1.82) is 0 Å². The van der Waals surface area contributed by atoms with Gasteiger partial charge in [-0.2, -0.15) is 0 Å². The van der Waals surface area contributed by atoms with Gasteiger partial charge in [-0.1, -0.05) is 62.4 Å². The van der Waals surface area contributed by atoms with Crippen molar-refractivity contribution < 1.29 is 24.2 Å². The van der Waals surface area contributed by atoms with Gasteiger partial charge in [0.2, 0.25) is 5.91 Å². The third kappa shape index (κ3) is 4.72. The van der Waals surface area contributed by atoms with Crippen molar-refractivity contribution in [2.24, 2.45) is 5.92 Å². The normalized spacial score (nSPS) is 16.8. The summed E-state index contributed by atoms with van der Waals surface area (Å²) in [7, 11) is 0. The summed E-state index contributed by atoms with van der Waals surface area (Å²) in [6.07, 6.45) is 1.35. The number of amides is 2. The number of carboxylic acids is 1. The van der Waals surface area contributed by atoms with E-state index in [9.17, 15) is 19.5 Å². The zero-order chi connectivity index (χ0) is 23.6. The molecule has 0 unspecified atom stereocenters. The van der Waals surface area contributed by atoms with Crippen LogP contribution in [-0.2, 0) is 14.3 Å². The van der Waals surface area contributed by atoms with Crippen LogP contribution in [0.2, 0.25) is 0 Å². The standard InChI is InChI=1S/C26H30N2O5/c1-16(2)23(24(31)28-26(12-7-13-26)14-22(29)30)27-25(32)33-15-21-19-10-5-3-8-17(19)18-9-4-6-11-20(18)21/h3-6,8-11,16,21,23H,7,12-15H2,1-2H3,(H,27,32)(H,28,31)(H,29,30)/t23-/m1/s1. The van der Waals surface area contributed by atoms with E-state index in [1.165, 1.54) is 0 Å². The summed E-state index contributed by atoms with van der Waals surface area (Å²) in [6.45, 7) is 3.83. The van der Waals surface area contributed by atoms with Crippen molar-refractivity contribution in [3.63, 3.8) is 0 Å². The first kappa shape index (κ1) is 22.8. The van der Waals surface area contributed by atoms with Crippen molar-refractivity contribution in [2.45, 2.75) is 57.0 Å². The Kier molecular flexibility index (Phi) is 6.40. The van der Waals surface area contributed by atoms with Crippen LogP contribution in [-0.4, -0.2) is 41.3 Å². The molecule has 0 saturated heterocycles. The molecule has 0 radical (unpaired) electrons. The van der Waals surface area contributed by atoms with E-state index in [2.05, 4.69) is 22.8 Å². The largest absolute Gasteiger partial charge is 0.481 e. The van der Waals surface area contributed by atoms with Gasteiger partial charge >= 0.3 is 12.1 Å². The highest BCUT2D eigenvalue weighted by Crippen LogP contribution is 2.44. The van der Waals surface area contributed by atoms with Crippen LogP contribution in [0.3, 0.4) is 0 Å². The van der Waals surface area contributed by atoms with Gasteiger partial charge in [-0.15, -0.1) is 0 Å². The number of carbonyl (C=O) groups is 3. The molecule has 1 saturated carbocycles. The summed E-state index contributed by atoms with van der Waals surface area (Å²) in [5, 5.41) is 14.8. The first-order chi connectivity index (χ1) is 15.8. The summed E-state index contributed by atoms with van der Waals surface area (Å²) >= 11 is 0. The van der Waals surface area contributed by atoms with Crippen molar-refractivity contribution in [3.05, 3.63) is 59.7 Å². The number of ether oxygens (including phenoxy) is 1. The summed E-state index contributed by atoms with van der Waals surface area (Å²) in [5.41, 5.74) is 3.80. The Bertz CT molecular complexity index is 1010. The molecule has 1 fully saturated rings. The maximum absolute atomic E-state index is 12.9. The molecule has 2 aromatic carbocycles. The Labute approximate surface area is 193 Å². The number of rotatable bonds is 8. The molecular formula is C26H30N2O5. The minimum atomic E-state index is -0.944. The van der Waals surface area contributed by atoms with Crippen LogP contribution < -0.4 is 10.6 Å². The van der Waals surface area contributed by atoms with E-state index in [0.717, 1.165) is 28.7 Å². The maximum Gasteiger partial charge on any atom is 0.407 e. The molecule has 0 aromatic heterocycles. The van der Waals surface area contributed by atoms with Gasteiger partial charge < -0.3 is 20.5 Å². The highest BCUT2D eigenvalue weighted by molar-refractivity contribution is 5.87. The molecule has 7 heteroatoms. The second-order valence-corrected chi connectivity index (χ2v) is 9.39. The van der Waals surface area contributed by atoms with Crippen LogP contribution in [0.25, 0.3) is 11.1 Å². The molecule has 0 spiro atoms. The van der Waals surface area contributed by atoms with Crippen LogP contribution in [0.4, 0.5) is 4.79 Å². The number of carbonyl (C=O) groups excluding carboxylic acids is 2. The number of nitrogens with one attached hydrogen (secondary N) is 2. The SMILES string of the molecule is CC(C)[C@@H](NC(=O)OCC1c2ccccc2-c2ccccc21)C(=O)NC1(CC(=O)O)CCC1. The second-order valence-electron chi connectivity index (χ2n) is 9.39. The van der Waals surface area contributed by atoms with Crippen molar-refractivity contribution in [3.8, 4) is 11.1 Å². The van der Waals surface area contributed by atoms with E-state index in [1.54, 1.807) is 0 Å². The fourth-order valence-electron chi connectivity index (χ4n) is 4.88. The monoisotopic (exact) mass is 450 g/mol. The van der Waals surface area contributed by atoms with Gasteiger partial charge in [0.1, 0.15) is 12.6 Å². The first-order valence-corrected chi connectivity index (χ1v) is 11.4.